The monoisotopic (exact) mass is 276 g/mol. The van der Waals surface area contributed by atoms with Crippen molar-refractivity contribution in [1.82, 2.24) is 5.32 Å². The Labute approximate surface area is 120 Å². The summed E-state index contributed by atoms with van der Waals surface area (Å²) in [5, 5.41) is 3.08. The van der Waals surface area contributed by atoms with Crippen LogP contribution in [0.4, 0.5) is 5.69 Å². The average Bonchev–Trinajstić information content (AvgIpc) is 2.48. The first kappa shape index (κ1) is 14.7. The molecule has 1 saturated carbocycles. The van der Waals surface area contributed by atoms with E-state index in [1.807, 2.05) is 0 Å². The number of carbonyl (C=O) groups excluding carboxylic acids is 1. The van der Waals surface area contributed by atoms with Gasteiger partial charge in [-0.3, -0.25) is 4.79 Å². The number of hydrogen-bond donors (Lipinski definition) is 2. The Bertz CT molecular complexity index is 468. The van der Waals surface area contributed by atoms with Crippen molar-refractivity contribution in [2.45, 2.75) is 45.1 Å². The molecule has 1 atom stereocenters. The molecule has 0 spiro atoms. The van der Waals surface area contributed by atoms with Crippen molar-refractivity contribution in [3.8, 4) is 5.75 Å². The molecule has 0 aliphatic heterocycles. The molecule has 1 aromatic carbocycles. The second kappa shape index (κ2) is 6.64. The Hall–Kier alpha value is -1.71. The van der Waals surface area contributed by atoms with E-state index in [2.05, 4.69) is 12.2 Å². The molecule has 20 heavy (non-hydrogen) atoms. The van der Waals surface area contributed by atoms with Gasteiger partial charge in [-0.2, -0.15) is 0 Å². The number of rotatable bonds is 4. The second-order valence-corrected chi connectivity index (χ2v) is 5.61. The summed E-state index contributed by atoms with van der Waals surface area (Å²) < 4.78 is 5.15. The van der Waals surface area contributed by atoms with Gasteiger partial charge in [-0.25, -0.2) is 0 Å². The molecule has 1 fully saturated rings. The summed E-state index contributed by atoms with van der Waals surface area (Å²) >= 11 is 0. The van der Waals surface area contributed by atoms with E-state index in [9.17, 15) is 4.79 Å². The quantitative estimate of drug-likeness (QED) is 0.831. The zero-order valence-corrected chi connectivity index (χ0v) is 12.3. The van der Waals surface area contributed by atoms with Crippen LogP contribution in [0.5, 0.6) is 5.75 Å². The highest BCUT2D eigenvalue weighted by Gasteiger charge is 2.22. The molecule has 1 aromatic rings. The molecule has 0 radical (unpaired) electrons. The molecule has 1 aliphatic carbocycles. The predicted molar refractivity (Wildman–Crippen MR) is 80.9 cm³/mol. The zero-order valence-electron chi connectivity index (χ0n) is 12.3. The van der Waals surface area contributed by atoms with Crippen LogP contribution in [-0.2, 0) is 0 Å². The smallest absolute Gasteiger partial charge is 0.253 e. The molecule has 1 aliphatic rings. The Morgan fingerprint density at radius 3 is 2.70 bits per heavy atom. The highest BCUT2D eigenvalue weighted by Crippen LogP contribution is 2.27. The number of carbonyl (C=O) groups is 1. The summed E-state index contributed by atoms with van der Waals surface area (Å²) in [6.45, 7) is 2.09. The Kier molecular flexibility index (Phi) is 4.88. The number of hydrogen-bond acceptors (Lipinski definition) is 3. The third-order valence-corrected chi connectivity index (χ3v) is 4.22. The van der Waals surface area contributed by atoms with Gasteiger partial charge in [0.15, 0.2) is 0 Å². The molecule has 0 bridgehead atoms. The van der Waals surface area contributed by atoms with Crippen LogP contribution in [0, 0.1) is 5.92 Å². The fourth-order valence-electron chi connectivity index (χ4n) is 2.90. The first-order valence-electron chi connectivity index (χ1n) is 7.36. The molecule has 0 saturated heterocycles. The van der Waals surface area contributed by atoms with E-state index < -0.39 is 0 Å². The third kappa shape index (κ3) is 3.44. The first-order valence-corrected chi connectivity index (χ1v) is 7.36. The number of nitrogens with two attached hydrogens (primary N) is 1. The molecule has 3 N–H and O–H groups in total. The number of nitrogen functional groups attached to an aromatic ring is 1. The van der Waals surface area contributed by atoms with E-state index in [0.717, 1.165) is 0 Å². The van der Waals surface area contributed by atoms with E-state index in [1.54, 1.807) is 25.3 Å². The van der Waals surface area contributed by atoms with Gasteiger partial charge in [0.1, 0.15) is 5.75 Å². The van der Waals surface area contributed by atoms with Crippen LogP contribution in [0.1, 0.15) is 49.4 Å². The zero-order chi connectivity index (χ0) is 14.5. The van der Waals surface area contributed by atoms with Gasteiger partial charge in [-0.15, -0.1) is 0 Å². The molecular formula is C16H24N2O2. The van der Waals surface area contributed by atoms with E-state index in [4.69, 9.17) is 10.5 Å². The number of ether oxygens (including phenoxy) is 1. The van der Waals surface area contributed by atoms with Crippen molar-refractivity contribution in [3.05, 3.63) is 23.8 Å². The van der Waals surface area contributed by atoms with Crippen molar-refractivity contribution in [2.24, 2.45) is 5.92 Å². The van der Waals surface area contributed by atoms with Gasteiger partial charge in [0.2, 0.25) is 0 Å². The molecule has 2 rings (SSSR count). The van der Waals surface area contributed by atoms with Crippen LogP contribution in [-0.4, -0.2) is 19.1 Å². The highest BCUT2D eigenvalue weighted by atomic mass is 16.5. The van der Waals surface area contributed by atoms with Crippen molar-refractivity contribution in [3.63, 3.8) is 0 Å². The summed E-state index contributed by atoms with van der Waals surface area (Å²) in [6, 6.07) is 5.35. The van der Waals surface area contributed by atoms with Crippen molar-refractivity contribution in [1.29, 1.82) is 0 Å². The maximum absolute atomic E-state index is 12.3. The maximum Gasteiger partial charge on any atom is 0.253 e. The summed E-state index contributed by atoms with van der Waals surface area (Å²) in [7, 11) is 1.58. The Balaban J connectivity index is 2.03. The summed E-state index contributed by atoms with van der Waals surface area (Å²) in [5.41, 5.74) is 6.86. The minimum absolute atomic E-state index is 0.112. The van der Waals surface area contributed by atoms with E-state index in [1.165, 1.54) is 32.1 Å². The first-order chi connectivity index (χ1) is 9.61. The van der Waals surface area contributed by atoms with Crippen molar-refractivity contribution < 1.29 is 9.53 Å². The SMILES string of the molecule is COc1ccc(N)c(C(=O)N[C@H](C)C2CCCCC2)c1. The van der Waals surface area contributed by atoms with Gasteiger partial charge in [0.05, 0.1) is 12.7 Å². The van der Waals surface area contributed by atoms with Gasteiger partial charge in [0, 0.05) is 11.7 Å². The Morgan fingerprint density at radius 2 is 2.05 bits per heavy atom. The van der Waals surface area contributed by atoms with Crippen molar-refractivity contribution in [2.75, 3.05) is 12.8 Å². The molecule has 4 nitrogen and oxygen atoms in total. The summed E-state index contributed by atoms with van der Waals surface area (Å²) in [4.78, 5) is 12.3. The van der Waals surface area contributed by atoms with Crippen LogP contribution >= 0.6 is 0 Å². The normalized spacial score (nSPS) is 17.5. The lowest BCUT2D eigenvalue weighted by Gasteiger charge is -2.28. The van der Waals surface area contributed by atoms with Gasteiger partial charge in [-0.05, 0) is 43.9 Å². The molecule has 0 heterocycles. The molecule has 110 valence electrons. The second-order valence-electron chi connectivity index (χ2n) is 5.61. The maximum atomic E-state index is 12.3. The van der Waals surface area contributed by atoms with E-state index >= 15 is 0 Å². The lowest BCUT2D eigenvalue weighted by molar-refractivity contribution is 0.0920. The standard InChI is InChI=1S/C16H24N2O2/c1-11(12-6-4-3-5-7-12)18-16(19)14-10-13(20-2)8-9-15(14)17/h8-12H,3-7,17H2,1-2H3,(H,18,19)/t11-/m1/s1. The fraction of sp³-hybridized carbons (Fsp3) is 0.562. The van der Waals surface area contributed by atoms with Crippen molar-refractivity contribution >= 4 is 11.6 Å². The fourth-order valence-corrected chi connectivity index (χ4v) is 2.90. The van der Waals surface area contributed by atoms with Gasteiger partial charge in [0.25, 0.3) is 5.91 Å². The largest absolute Gasteiger partial charge is 0.497 e. The number of nitrogens with one attached hydrogen (secondary N) is 1. The average molecular weight is 276 g/mol. The van der Waals surface area contributed by atoms with Gasteiger partial charge >= 0.3 is 0 Å². The molecular weight excluding hydrogens is 252 g/mol. The molecule has 1 amide bonds. The number of amides is 1. The van der Waals surface area contributed by atoms with Crippen LogP contribution in [0.15, 0.2) is 18.2 Å². The van der Waals surface area contributed by atoms with E-state index in [0.29, 0.717) is 22.9 Å². The summed E-state index contributed by atoms with van der Waals surface area (Å²) in [5.74, 6) is 1.12. The number of methoxy groups -OCH3 is 1. The molecule has 0 aromatic heterocycles. The van der Waals surface area contributed by atoms with Crippen LogP contribution < -0.4 is 15.8 Å². The Morgan fingerprint density at radius 1 is 1.35 bits per heavy atom. The highest BCUT2D eigenvalue weighted by molar-refractivity contribution is 5.99. The van der Waals surface area contributed by atoms with Gasteiger partial charge in [-0.1, -0.05) is 19.3 Å². The van der Waals surface area contributed by atoms with Gasteiger partial charge < -0.3 is 15.8 Å². The number of benzene rings is 1. The van der Waals surface area contributed by atoms with E-state index in [-0.39, 0.29) is 11.9 Å². The number of anilines is 1. The topological polar surface area (TPSA) is 64.3 Å². The lowest BCUT2D eigenvalue weighted by atomic mass is 9.84. The minimum Gasteiger partial charge on any atom is -0.497 e. The lowest BCUT2D eigenvalue weighted by Crippen LogP contribution is -2.39. The van der Waals surface area contributed by atoms with Crippen LogP contribution in [0.25, 0.3) is 0 Å². The van der Waals surface area contributed by atoms with Crippen LogP contribution in [0.2, 0.25) is 0 Å². The minimum atomic E-state index is -0.112. The third-order valence-electron chi connectivity index (χ3n) is 4.22. The van der Waals surface area contributed by atoms with Crippen LogP contribution in [0.3, 0.4) is 0 Å². The molecule has 0 unspecified atom stereocenters. The summed E-state index contributed by atoms with van der Waals surface area (Å²) in [6.07, 6.45) is 6.27. The predicted octanol–water partition coefficient (Wildman–Crippen LogP) is 2.98. The molecule has 4 heteroatoms.